The zero-order valence-corrected chi connectivity index (χ0v) is 12.5. The van der Waals surface area contributed by atoms with Crippen molar-refractivity contribution in [2.75, 3.05) is 19.6 Å². The van der Waals surface area contributed by atoms with Crippen LogP contribution in [0.4, 0.5) is 4.79 Å². The molecule has 0 atom stereocenters. The lowest BCUT2D eigenvalue weighted by Gasteiger charge is -2.22. The van der Waals surface area contributed by atoms with E-state index in [-0.39, 0.29) is 6.03 Å². The molecule has 0 unspecified atom stereocenters. The van der Waals surface area contributed by atoms with E-state index in [2.05, 4.69) is 38.5 Å². The lowest BCUT2D eigenvalue weighted by atomic mass is 9.95. The number of nitrogens with one attached hydrogen (secondary N) is 3. The van der Waals surface area contributed by atoms with Crippen LogP contribution in [0.1, 0.15) is 38.5 Å². The summed E-state index contributed by atoms with van der Waals surface area (Å²) in [7, 11) is 0. The van der Waals surface area contributed by atoms with E-state index in [1.54, 1.807) is 0 Å². The second kappa shape index (κ2) is 9.39. The van der Waals surface area contributed by atoms with Crippen LogP contribution in [0.5, 0.6) is 0 Å². The maximum Gasteiger partial charge on any atom is 0.315 e. The molecule has 0 heterocycles. The van der Waals surface area contributed by atoms with Gasteiger partial charge in [0.2, 0.25) is 0 Å². The maximum atomic E-state index is 11.3. The van der Waals surface area contributed by atoms with E-state index in [0.717, 1.165) is 17.4 Å². The molecule has 1 fully saturated rings. The second-order valence-corrected chi connectivity index (χ2v) is 5.89. The molecule has 4 nitrogen and oxygen atoms in total. The van der Waals surface area contributed by atoms with Crippen LogP contribution in [0.2, 0.25) is 0 Å². The van der Waals surface area contributed by atoms with Crippen molar-refractivity contribution in [1.82, 2.24) is 16.0 Å². The molecule has 0 aliphatic heterocycles. The van der Waals surface area contributed by atoms with Crippen molar-refractivity contribution in [3.63, 3.8) is 0 Å². The smallest absolute Gasteiger partial charge is 0.315 e. The van der Waals surface area contributed by atoms with Gasteiger partial charge < -0.3 is 16.0 Å². The Hall–Kier alpha value is -0.550. The summed E-state index contributed by atoms with van der Waals surface area (Å²) in [5, 5.41) is 9.08. The van der Waals surface area contributed by atoms with E-state index < -0.39 is 0 Å². The van der Waals surface area contributed by atoms with Gasteiger partial charge in [0.25, 0.3) is 0 Å². The molecule has 0 spiro atoms. The molecule has 1 aliphatic carbocycles. The summed E-state index contributed by atoms with van der Waals surface area (Å²) >= 11 is 3.19. The first kappa shape index (κ1) is 15.5. The van der Waals surface area contributed by atoms with Crippen LogP contribution in [-0.4, -0.2) is 31.7 Å². The zero-order chi connectivity index (χ0) is 13.2. The Morgan fingerprint density at radius 2 is 1.89 bits per heavy atom. The summed E-state index contributed by atoms with van der Waals surface area (Å²) in [6, 6.07) is 0.567. The van der Waals surface area contributed by atoms with Crippen LogP contribution < -0.4 is 16.0 Å². The lowest BCUT2D eigenvalue weighted by molar-refractivity contribution is 0.241. The van der Waals surface area contributed by atoms with Crippen molar-refractivity contribution in [2.45, 2.75) is 44.6 Å². The first-order valence-electron chi connectivity index (χ1n) is 6.77. The predicted octanol–water partition coefficient (Wildman–Crippen LogP) is 2.51. The fourth-order valence-electron chi connectivity index (χ4n) is 2.14. The van der Waals surface area contributed by atoms with Crippen LogP contribution in [0.15, 0.2) is 11.1 Å². The molecular formula is C13H24BrN3O. The first-order valence-corrected chi connectivity index (χ1v) is 7.56. The Kier molecular flexibility index (Phi) is 8.09. The van der Waals surface area contributed by atoms with Crippen molar-refractivity contribution in [3.05, 3.63) is 11.1 Å². The highest BCUT2D eigenvalue weighted by atomic mass is 79.9. The molecule has 2 amide bonds. The standard InChI is InChI=1S/C13H24BrN3O/c1-11(14)10-17-13(18)16-9-5-8-15-12-6-3-2-4-7-12/h12,15H,1-10H2,(H2,16,17,18). The Morgan fingerprint density at radius 1 is 1.17 bits per heavy atom. The molecule has 0 bridgehead atoms. The largest absolute Gasteiger partial charge is 0.338 e. The molecule has 0 aromatic heterocycles. The van der Waals surface area contributed by atoms with Gasteiger partial charge >= 0.3 is 6.03 Å². The quantitative estimate of drug-likeness (QED) is 0.632. The minimum Gasteiger partial charge on any atom is -0.338 e. The van der Waals surface area contributed by atoms with Gasteiger partial charge in [0.05, 0.1) is 6.54 Å². The number of amides is 2. The summed E-state index contributed by atoms with van der Waals surface area (Å²) in [4.78, 5) is 11.3. The summed E-state index contributed by atoms with van der Waals surface area (Å²) < 4.78 is 0.775. The Morgan fingerprint density at radius 3 is 2.56 bits per heavy atom. The highest BCUT2D eigenvalue weighted by molar-refractivity contribution is 9.11. The fourth-order valence-corrected chi connectivity index (χ4v) is 2.28. The van der Waals surface area contributed by atoms with E-state index in [1.807, 2.05) is 0 Å². The molecule has 3 N–H and O–H groups in total. The molecule has 104 valence electrons. The van der Waals surface area contributed by atoms with Crippen molar-refractivity contribution < 1.29 is 4.79 Å². The molecule has 0 aromatic rings. The Bertz CT molecular complexity index is 265. The fraction of sp³-hybridized carbons (Fsp3) is 0.769. The average molecular weight is 318 g/mol. The van der Waals surface area contributed by atoms with E-state index in [4.69, 9.17) is 0 Å². The minimum absolute atomic E-state index is 0.131. The molecule has 0 saturated heterocycles. The van der Waals surface area contributed by atoms with E-state index in [0.29, 0.717) is 19.1 Å². The summed E-state index contributed by atoms with van der Waals surface area (Å²) in [5.41, 5.74) is 0. The molecule has 0 aromatic carbocycles. The summed E-state index contributed by atoms with van der Waals surface area (Å²) in [6.07, 6.45) is 7.68. The van der Waals surface area contributed by atoms with E-state index >= 15 is 0 Å². The van der Waals surface area contributed by atoms with Gasteiger partial charge in [-0.2, -0.15) is 0 Å². The third-order valence-electron chi connectivity index (χ3n) is 3.12. The number of carbonyl (C=O) groups excluding carboxylic acids is 1. The summed E-state index contributed by atoms with van der Waals surface area (Å²) in [6.45, 7) is 5.81. The number of hydrogen-bond acceptors (Lipinski definition) is 2. The predicted molar refractivity (Wildman–Crippen MR) is 79.0 cm³/mol. The van der Waals surface area contributed by atoms with Crippen LogP contribution >= 0.6 is 15.9 Å². The third-order valence-corrected chi connectivity index (χ3v) is 3.40. The highest BCUT2D eigenvalue weighted by Gasteiger charge is 2.11. The topological polar surface area (TPSA) is 53.2 Å². The maximum absolute atomic E-state index is 11.3. The second-order valence-electron chi connectivity index (χ2n) is 4.77. The Balaban J connectivity index is 1.91. The van der Waals surface area contributed by atoms with Gasteiger partial charge in [0.1, 0.15) is 0 Å². The number of urea groups is 1. The van der Waals surface area contributed by atoms with Crippen molar-refractivity contribution in [3.8, 4) is 0 Å². The zero-order valence-electron chi connectivity index (χ0n) is 10.9. The van der Waals surface area contributed by atoms with Gasteiger partial charge in [-0.05, 0) is 25.8 Å². The van der Waals surface area contributed by atoms with Gasteiger partial charge in [-0.15, -0.1) is 0 Å². The van der Waals surface area contributed by atoms with E-state index in [9.17, 15) is 4.79 Å². The molecule has 0 radical (unpaired) electrons. The summed E-state index contributed by atoms with van der Waals surface area (Å²) in [5.74, 6) is 0. The molecule has 1 rings (SSSR count). The van der Waals surface area contributed by atoms with Crippen LogP contribution in [-0.2, 0) is 0 Å². The van der Waals surface area contributed by atoms with Crippen molar-refractivity contribution in [2.24, 2.45) is 0 Å². The van der Waals surface area contributed by atoms with Gasteiger partial charge in [-0.1, -0.05) is 41.8 Å². The lowest BCUT2D eigenvalue weighted by Crippen LogP contribution is -2.38. The van der Waals surface area contributed by atoms with Gasteiger partial charge in [0, 0.05) is 17.1 Å². The van der Waals surface area contributed by atoms with Gasteiger partial charge in [-0.3, -0.25) is 0 Å². The molecule has 1 saturated carbocycles. The SMILES string of the molecule is C=C(Br)CNC(=O)NCCCNC1CCCCC1. The molecule has 18 heavy (non-hydrogen) atoms. The van der Waals surface area contributed by atoms with Crippen molar-refractivity contribution in [1.29, 1.82) is 0 Å². The molecular weight excluding hydrogens is 294 g/mol. The minimum atomic E-state index is -0.131. The normalized spacial score (nSPS) is 16.3. The van der Waals surface area contributed by atoms with Crippen molar-refractivity contribution >= 4 is 22.0 Å². The average Bonchev–Trinajstić information content (AvgIpc) is 2.37. The monoisotopic (exact) mass is 317 g/mol. The number of carbonyl (C=O) groups is 1. The Labute approximate surface area is 118 Å². The highest BCUT2D eigenvalue weighted by Crippen LogP contribution is 2.16. The van der Waals surface area contributed by atoms with Crippen LogP contribution in [0, 0.1) is 0 Å². The van der Waals surface area contributed by atoms with Gasteiger partial charge in [-0.25, -0.2) is 4.79 Å². The van der Waals surface area contributed by atoms with Crippen LogP contribution in [0.3, 0.4) is 0 Å². The number of rotatable bonds is 7. The molecule has 5 heteroatoms. The van der Waals surface area contributed by atoms with Gasteiger partial charge in [0.15, 0.2) is 0 Å². The van der Waals surface area contributed by atoms with E-state index in [1.165, 1.54) is 32.1 Å². The van der Waals surface area contributed by atoms with Crippen LogP contribution in [0.25, 0.3) is 0 Å². The third kappa shape index (κ3) is 7.71. The number of hydrogen-bond donors (Lipinski definition) is 3. The first-order chi connectivity index (χ1) is 8.68. The molecule has 1 aliphatic rings. The number of halogens is 1.